The normalized spacial score (nSPS) is 10.3. The lowest BCUT2D eigenvalue weighted by Crippen LogP contribution is -1.82. The monoisotopic (exact) mass is 261 g/mol. The lowest BCUT2D eigenvalue weighted by atomic mass is 10.1. The Kier molecular flexibility index (Phi) is 3.17. The summed E-state index contributed by atoms with van der Waals surface area (Å²) in [5.41, 5.74) is 3.73. The average Bonchev–Trinajstić information content (AvgIpc) is 2.30. The third kappa shape index (κ3) is 2.45. The third-order valence-corrected chi connectivity index (χ3v) is 2.89. The Morgan fingerprint density at radius 2 is 1.67 bits per heavy atom. The quantitative estimate of drug-likeness (QED) is 0.743. The van der Waals surface area contributed by atoms with Gasteiger partial charge in [0.25, 0.3) is 0 Å². The van der Waals surface area contributed by atoms with Crippen LogP contribution in [0.1, 0.15) is 12.5 Å². The summed E-state index contributed by atoms with van der Waals surface area (Å²) in [4.78, 5) is 4.21. The van der Waals surface area contributed by atoms with Crippen molar-refractivity contribution in [1.29, 1.82) is 0 Å². The number of hydrogen-bond donors (Lipinski definition) is 0. The van der Waals surface area contributed by atoms with Gasteiger partial charge in [0.2, 0.25) is 0 Å². The average molecular weight is 262 g/mol. The van der Waals surface area contributed by atoms with Crippen molar-refractivity contribution in [2.75, 3.05) is 0 Å². The molecule has 1 heterocycles. The van der Waals surface area contributed by atoms with Crippen LogP contribution < -0.4 is 0 Å². The summed E-state index contributed by atoms with van der Waals surface area (Å²) < 4.78 is 0.872. The minimum absolute atomic E-state index is 0.872. The molecule has 2 heteroatoms. The van der Waals surface area contributed by atoms with E-state index in [4.69, 9.17) is 0 Å². The van der Waals surface area contributed by atoms with E-state index < -0.39 is 0 Å². The second kappa shape index (κ2) is 4.58. The number of nitrogens with zero attached hydrogens (tertiary/aromatic N) is 1. The summed E-state index contributed by atoms with van der Waals surface area (Å²) in [5.74, 6) is 0. The molecule has 0 aliphatic rings. The molecule has 0 spiro atoms. The van der Waals surface area contributed by atoms with Gasteiger partial charge in [0, 0.05) is 11.8 Å². The molecule has 0 atom stereocenters. The molecule has 0 saturated carbocycles. The Balaban J connectivity index is 2.33. The second-order valence-corrected chi connectivity index (χ2v) is 4.23. The van der Waals surface area contributed by atoms with Gasteiger partial charge in [-0.05, 0) is 39.5 Å². The molecule has 0 aliphatic carbocycles. The van der Waals surface area contributed by atoms with E-state index in [-0.39, 0.29) is 0 Å². The molecule has 76 valence electrons. The number of benzene rings is 1. The van der Waals surface area contributed by atoms with Gasteiger partial charge >= 0.3 is 0 Å². The van der Waals surface area contributed by atoms with Crippen LogP contribution in [0.3, 0.4) is 0 Å². The summed E-state index contributed by atoms with van der Waals surface area (Å²) >= 11 is 3.33. The first-order valence-corrected chi connectivity index (χ1v) is 5.80. The molecule has 1 nitrogen and oxygen atoms in total. The van der Waals surface area contributed by atoms with Gasteiger partial charge < -0.3 is 0 Å². The molecule has 0 fully saturated rings. The van der Waals surface area contributed by atoms with Gasteiger partial charge in [0.05, 0.1) is 0 Å². The van der Waals surface area contributed by atoms with Crippen molar-refractivity contribution in [3.63, 3.8) is 0 Å². The minimum atomic E-state index is 0.872. The molecular weight excluding hydrogens is 250 g/mol. The molecule has 0 amide bonds. The molecule has 0 bridgehead atoms. The maximum atomic E-state index is 4.21. The fourth-order valence-electron chi connectivity index (χ4n) is 1.48. The van der Waals surface area contributed by atoms with Gasteiger partial charge in [0.15, 0.2) is 0 Å². The highest BCUT2D eigenvalue weighted by Crippen LogP contribution is 2.20. The van der Waals surface area contributed by atoms with Crippen molar-refractivity contribution >= 4 is 15.9 Å². The number of rotatable bonds is 2. The van der Waals surface area contributed by atoms with Crippen molar-refractivity contribution in [3.8, 4) is 11.1 Å². The summed E-state index contributed by atoms with van der Waals surface area (Å²) in [6.45, 7) is 2.16. The van der Waals surface area contributed by atoms with Crippen LogP contribution in [-0.4, -0.2) is 4.98 Å². The molecule has 2 aromatic rings. The Morgan fingerprint density at radius 1 is 1.00 bits per heavy atom. The highest BCUT2D eigenvalue weighted by Gasteiger charge is 1.97. The van der Waals surface area contributed by atoms with E-state index in [9.17, 15) is 0 Å². The number of hydrogen-bond acceptors (Lipinski definition) is 1. The maximum absolute atomic E-state index is 4.21. The minimum Gasteiger partial charge on any atom is -0.249 e. The van der Waals surface area contributed by atoms with Crippen LogP contribution in [0, 0.1) is 0 Å². The molecule has 0 saturated heterocycles. The van der Waals surface area contributed by atoms with E-state index in [1.807, 2.05) is 12.3 Å². The standard InChI is InChI=1S/C13H12BrN/c1-2-10-3-5-11(6-4-10)12-7-8-13(14)15-9-12/h3-9H,2H2,1H3. The van der Waals surface area contributed by atoms with E-state index in [0.29, 0.717) is 0 Å². The summed E-state index contributed by atoms with van der Waals surface area (Å²) in [6.07, 6.45) is 2.96. The number of pyridine rings is 1. The third-order valence-electron chi connectivity index (χ3n) is 2.42. The number of aryl methyl sites for hydroxylation is 1. The van der Waals surface area contributed by atoms with Crippen molar-refractivity contribution in [2.45, 2.75) is 13.3 Å². The molecule has 1 aromatic carbocycles. The molecule has 2 rings (SSSR count). The zero-order valence-electron chi connectivity index (χ0n) is 8.57. The number of halogens is 1. The summed E-state index contributed by atoms with van der Waals surface area (Å²) in [6, 6.07) is 12.6. The van der Waals surface area contributed by atoms with E-state index in [2.05, 4.69) is 58.2 Å². The number of aromatic nitrogens is 1. The fourth-order valence-corrected chi connectivity index (χ4v) is 1.71. The van der Waals surface area contributed by atoms with Gasteiger partial charge in [-0.3, -0.25) is 0 Å². The molecule has 0 unspecified atom stereocenters. The molecular formula is C13H12BrN. The predicted octanol–water partition coefficient (Wildman–Crippen LogP) is 4.07. The molecule has 0 radical (unpaired) electrons. The zero-order valence-corrected chi connectivity index (χ0v) is 10.2. The zero-order chi connectivity index (χ0) is 10.7. The van der Waals surface area contributed by atoms with Gasteiger partial charge in [-0.1, -0.05) is 37.3 Å². The van der Waals surface area contributed by atoms with Crippen LogP contribution in [0.2, 0.25) is 0 Å². The molecule has 1 aromatic heterocycles. The first-order valence-electron chi connectivity index (χ1n) is 5.00. The Hall–Kier alpha value is -1.15. The van der Waals surface area contributed by atoms with Gasteiger partial charge in [-0.15, -0.1) is 0 Å². The van der Waals surface area contributed by atoms with Crippen molar-refractivity contribution < 1.29 is 0 Å². The van der Waals surface area contributed by atoms with Gasteiger partial charge in [0.1, 0.15) is 4.60 Å². The van der Waals surface area contributed by atoms with Crippen molar-refractivity contribution in [2.24, 2.45) is 0 Å². The maximum Gasteiger partial charge on any atom is 0.106 e. The first-order chi connectivity index (χ1) is 7.29. The van der Waals surface area contributed by atoms with Crippen LogP contribution in [-0.2, 0) is 6.42 Å². The molecule has 0 N–H and O–H groups in total. The molecule has 0 aliphatic heterocycles. The van der Waals surface area contributed by atoms with Crippen LogP contribution in [0.25, 0.3) is 11.1 Å². The van der Waals surface area contributed by atoms with E-state index in [1.54, 1.807) is 0 Å². The van der Waals surface area contributed by atoms with E-state index in [1.165, 1.54) is 11.1 Å². The first kappa shape index (κ1) is 10.4. The Labute approximate surface area is 98.3 Å². The Morgan fingerprint density at radius 3 is 2.20 bits per heavy atom. The van der Waals surface area contributed by atoms with Crippen LogP contribution in [0.5, 0.6) is 0 Å². The van der Waals surface area contributed by atoms with Crippen molar-refractivity contribution in [3.05, 3.63) is 52.8 Å². The Bertz CT molecular complexity index is 431. The van der Waals surface area contributed by atoms with E-state index in [0.717, 1.165) is 16.6 Å². The largest absolute Gasteiger partial charge is 0.249 e. The topological polar surface area (TPSA) is 12.9 Å². The SMILES string of the molecule is CCc1ccc(-c2ccc(Br)nc2)cc1. The summed E-state index contributed by atoms with van der Waals surface area (Å²) in [7, 11) is 0. The fraction of sp³-hybridized carbons (Fsp3) is 0.154. The van der Waals surface area contributed by atoms with Crippen LogP contribution in [0.4, 0.5) is 0 Å². The predicted molar refractivity (Wildman–Crippen MR) is 66.8 cm³/mol. The van der Waals surface area contributed by atoms with Crippen molar-refractivity contribution in [1.82, 2.24) is 4.98 Å². The highest BCUT2D eigenvalue weighted by atomic mass is 79.9. The highest BCUT2D eigenvalue weighted by molar-refractivity contribution is 9.10. The summed E-state index contributed by atoms with van der Waals surface area (Å²) in [5, 5.41) is 0. The van der Waals surface area contributed by atoms with Gasteiger partial charge in [-0.25, -0.2) is 4.98 Å². The lowest BCUT2D eigenvalue weighted by Gasteiger charge is -2.02. The second-order valence-electron chi connectivity index (χ2n) is 3.42. The van der Waals surface area contributed by atoms with Gasteiger partial charge in [-0.2, -0.15) is 0 Å². The molecule has 15 heavy (non-hydrogen) atoms. The van der Waals surface area contributed by atoms with Crippen LogP contribution >= 0.6 is 15.9 Å². The lowest BCUT2D eigenvalue weighted by molar-refractivity contribution is 1.14. The van der Waals surface area contributed by atoms with E-state index >= 15 is 0 Å². The smallest absolute Gasteiger partial charge is 0.106 e. The van der Waals surface area contributed by atoms with Crippen LogP contribution in [0.15, 0.2) is 47.2 Å².